The first-order chi connectivity index (χ1) is 8.52. The zero-order chi connectivity index (χ0) is 12.8. The number of alkyl halides is 3. The minimum atomic E-state index is -4.31. The Bertz CT molecular complexity index is 569. The van der Waals surface area contributed by atoms with Crippen LogP contribution in [0.4, 0.5) is 13.2 Å². The van der Waals surface area contributed by atoms with Gasteiger partial charge in [-0.3, -0.25) is 0 Å². The van der Waals surface area contributed by atoms with E-state index in [0.29, 0.717) is 11.6 Å². The van der Waals surface area contributed by atoms with Crippen LogP contribution in [-0.4, -0.2) is 22.5 Å². The molecule has 0 spiro atoms. The second-order valence-electron chi connectivity index (χ2n) is 4.64. The summed E-state index contributed by atoms with van der Waals surface area (Å²) in [4.78, 5) is 4.33. The van der Waals surface area contributed by atoms with Gasteiger partial charge in [0.25, 0.3) is 0 Å². The predicted octanol–water partition coefficient (Wildman–Crippen LogP) is 2.11. The summed E-state index contributed by atoms with van der Waals surface area (Å²) in [5.41, 5.74) is 0.760. The molecule has 1 N–H and O–H groups in total. The summed E-state index contributed by atoms with van der Waals surface area (Å²) < 4.78 is 39.1. The molecule has 1 aliphatic rings. The topological polar surface area (TPSA) is 29.3 Å². The third-order valence-electron chi connectivity index (χ3n) is 3.19. The van der Waals surface area contributed by atoms with Crippen LogP contribution in [0.1, 0.15) is 11.3 Å². The first-order valence-corrected chi connectivity index (χ1v) is 5.78. The predicted molar refractivity (Wildman–Crippen MR) is 60.3 cm³/mol. The second-order valence-corrected chi connectivity index (χ2v) is 4.64. The minimum absolute atomic E-state index is 0.553. The van der Waals surface area contributed by atoms with Crippen molar-refractivity contribution in [3.63, 3.8) is 0 Å². The zero-order valence-corrected chi connectivity index (χ0v) is 9.54. The summed E-state index contributed by atoms with van der Waals surface area (Å²) in [7, 11) is 0. The van der Waals surface area contributed by atoms with Crippen molar-refractivity contribution in [2.45, 2.75) is 12.6 Å². The molecule has 1 fully saturated rings. The molecule has 0 unspecified atom stereocenters. The van der Waals surface area contributed by atoms with Crippen molar-refractivity contribution < 1.29 is 13.2 Å². The third-order valence-corrected chi connectivity index (χ3v) is 3.19. The molecule has 0 atom stereocenters. The van der Waals surface area contributed by atoms with E-state index in [2.05, 4.69) is 10.3 Å². The standard InChI is InChI=1S/C12H12F3N3/c13-12(14,15)9-1-2-11-17-10(7-18(11)6-9)3-8-4-16-5-8/h1-2,6-8,16H,3-5H2. The van der Waals surface area contributed by atoms with Crippen molar-refractivity contribution in [3.8, 4) is 0 Å². The number of fused-ring (bicyclic) bond motifs is 1. The molecule has 18 heavy (non-hydrogen) atoms. The van der Waals surface area contributed by atoms with Crippen molar-refractivity contribution in [3.05, 3.63) is 35.8 Å². The highest BCUT2D eigenvalue weighted by molar-refractivity contribution is 5.42. The average molecular weight is 255 g/mol. The molecule has 6 heteroatoms. The number of rotatable bonds is 2. The number of aromatic nitrogens is 2. The van der Waals surface area contributed by atoms with Crippen molar-refractivity contribution in [2.24, 2.45) is 5.92 Å². The maximum Gasteiger partial charge on any atom is 0.417 e. The van der Waals surface area contributed by atoms with Gasteiger partial charge in [0.2, 0.25) is 0 Å². The molecule has 0 amide bonds. The molecule has 0 saturated carbocycles. The zero-order valence-electron chi connectivity index (χ0n) is 9.54. The summed E-state index contributed by atoms with van der Waals surface area (Å²) in [5.74, 6) is 0.553. The Morgan fingerprint density at radius 2 is 2.06 bits per heavy atom. The number of hydrogen-bond acceptors (Lipinski definition) is 2. The van der Waals surface area contributed by atoms with Gasteiger partial charge >= 0.3 is 6.18 Å². The van der Waals surface area contributed by atoms with E-state index in [4.69, 9.17) is 0 Å². The molecule has 1 aliphatic heterocycles. The van der Waals surface area contributed by atoms with Gasteiger partial charge in [-0.25, -0.2) is 4.98 Å². The lowest BCUT2D eigenvalue weighted by Gasteiger charge is -2.25. The average Bonchev–Trinajstić information content (AvgIpc) is 2.63. The first kappa shape index (κ1) is 11.5. The smallest absolute Gasteiger partial charge is 0.316 e. The van der Waals surface area contributed by atoms with Crippen LogP contribution in [0.15, 0.2) is 24.5 Å². The lowest BCUT2D eigenvalue weighted by Crippen LogP contribution is -2.43. The van der Waals surface area contributed by atoms with Crippen LogP contribution in [0.3, 0.4) is 0 Å². The Morgan fingerprint density at radius 1 is 1.28 bits per heavy atom. The van der Waals surface area contributed by atoms with Crippen LogP contribution < -0.4 is 5.32 Å². The van der Waals surface area contributed by atoms with Crippen molar-refractivity contribution in [1.29, 1.82) is 0 Å². The lowest BCUT2D eigenvalue weighted by atomic mass is 9.98. The summed E-state index contributed by atoms with van der Waals surface area (Å²) in [6.45, 7) is 1.92. The number of imidazole rings is 1. The van der Waals surface area contributed by atoms with Gasteiger partial charge in [-0.1, -0.05) is 0 Å². The van der Waals surface area contributed by atoms with Crippen LogP contribution in [0, 0.1) is 5.92 Å². The van der Waals surface area contributed by atoms with E-state index in [0.717, 1.165) is 37.5 Å². The number of pyridine rings is 1. The summed E-state index contributed by atoms with van der Waals surface area (Å²) in [6.07, 6.45) is -0.722. The van der Waals surface area contributed by atoms with E-state index in [1.807, 2.05) is 0 Å². The molecule has 2 aromatic rings. The van der Waals surface area contributed by atoms with Gasteiger partial charge < -0.3 is 9.72 Å². The van der Waals surface area contributed by atoms with Gasteiger partial charge in [-0.05, 0) is 37.6 Å². The molecule has 3 rings (SSSR count). The second kappa shape index (κ2) is 3.98. The van der Waals surface area contributed by atoms with Gasteiger partial charge in [-0.2, -0.15) is 13.2 Å². The molecule has 0 aliphatic carbocycles. The Morgan fingerprint density at radius 3 is 2.67 bits per heavy atom. The molecule has 0 aromatic carbocycles. The summed E-state index contributed by atoms with van der Waals surface area (Å²) in [6, 6.07) is 2.47. The maximum atomic E-state index is 12.6. The monoisotopic (exact) mass is 255 g/mol. The Kier molecular flexibility index (Phi) is 2.55. The first-order valence-electron chi connectivity index (χ1n) is 5.78. The van der Waals surface area contributed by atoms with Crippen LogP contribution >= 0.6 is 0 Å². The number of nitrogens with one attached hydrogen (secondary N) is 1. The number of halogens is 3. The van der Waals surface area contributed by atoms with Gasteiger partial charge in [0, 0.05) is 12.4 Å². The summed E-state index contributed by atoms with van der Waals surface area (Å²) in [5, 5.41) is 3.16. The minimum Gasteiger partial charge on any atom is -0.316 e. The van der Waals surface area contributed by atoms with Crippen LogP contribution in [0.2, 0.25) is 0 Å². The van der Waals surface area contributed by atoms with Crippen molar-refractivity contribution >= 4 is 5.65 Å². The van der Waals surface area contributed by atoms with E-state index in [1.165, 1.54) is 10.5 Å². The Labute approximate surface area is 102 Å². The normalized spacial score (nSPS) is 17.1. The highest BCUT2D eigenvalue weighted by atomic mass is 19.4. The molecule has 3 nitrogen and oxygen atoms in total. The highest BCUT2D eigenvalue weighted by Crippen LogP contribution is 2.29. The fraction of sp³-hybridized carbons (Fsp3) is 0.417. The molecular formula is C12H12F3N3. The van der Waals surface area contributed by atoms with E-state index in [9.17, 15) is 13.2 Å². The summed E-state index contributed by atoms with van der Waals surface area (Å²) >= 11 is 0. The van der Waals surface area contributed by atoms with E-state index >= 15 is 0 Å². The fourth-order valence-corrected chi connectivity index (χ4v) is 2.10. The van der Waals surface area contributed by atoms with E-state index in [1.54, 1.807) is 6.20 Å². The molecule has 0 radical (unpaired) electrons. The Balaban J connectivity index is 1.91. The lowest BCUT2D eigenvalue weighted by molar-refractivity contribution is -0.137. The number of nitrogens with zero attached hydrogens (tertiary/aromatic N) is 2. The van der Waals surface area contributed by atoms with Gasteiger partial charge in [-0.15, -0.1) is 0 Å². The van der Waals surface area contributed by atoms with Crippen LogP contribution in [0.25, 0.3) is 5.65 Å². The van der Waals surface area contributed by atoms with Crippen LogP contribution in [-0.2, 0) is 12.6 Å². The third kappa shape index (κ3) is 2.08. The van der Waals surface area contributed by atoms with E-state index < -0.39 is 11.7 Å². The molecular weight excluding hydrogens is 243 g/mol. The SMILES string of the molecule is FC(F)(F)c1ccc2nc(CC3CNC3)cn2c1. The molecule has 2 aromatic heterocycles. The molecule has 3 heterocycles. The van der Waals surface area contributed by atoms with Crippen molar-refractivity contribution in [1.82, 2.24) is 14.7 Å². The highest BCUT2D eigenvalue weighted by Gasteiger charge is 2.31. The van der Waals surface area contributed by atoms with Gasteiger partial charge in [0.05, 0.1) is 11.3 Å². The largest absolute Gasteiger partial charge is 0.417 e. The maximum absolute atomic E-state index is 12.6. The Hall–Kier alpha value is -1.56. The van der Waals surface area contributed by atoms with Crippen molar-refractivity contribution in [2.75, 3.05) is 13.1 Å². The fourth-order valence-electron chi connectivity index (χ4n) is 2.10. The van der Waals surface area contributed by atoms with Crippen LogP contribution in [0.5, 0.6) is 0 Å². The molecule has 1 saturated heterocycles. The molecule has 0 bridgehead atoms. The van der Waals surface area contributed by atoms with Gasteiger partial charge in [0.15, 0.2) is 0 Å². The quantitative estimate of drug-likeness (QED) is 0.890. The number of hydrogen-bond donors (Lipinski definition) is 1. The molecule has 96 valence electrons. The van der Waals surface area contributed by atoms with E-state index in [-0.39, 0.29) is 0 Å². The van der Waals surface area contributed by atoms with Gasteiger partial charge in [0.1, 0.15) is 5.65 Å².